The number of nitrogens with zero attached hydrogens (tertiary/aromatic N) is 1. The van der Waals surface area contributed by atoms with Crippen LogP contribution in [0.25, 0.3) is 0 Å². The van der Waals surface area contributed by atoms with E-state index in [2.05, 4.69) is 11.2 Å². The van der Waals surface area contributed by atoms with Gasteiger partial charge in [-0.3, -0.25) is 0 Å². The molecule has 0 amide bonds. The second kappa shape index (κ2) is 7.49. The second-order valence-corrected chi connectivity index (χ2v) is 6.37. The number of hydrogen-bond acceptors (Lipinski definition) is 4. The number of hydrogen-bond donors (Lipinski definition) is 1. The molecule has 1 N–H and O–H groups in total. The summed E-state index contributed by atoms with van der Waals surface area (Å²) in [6.45, 7) is 2.75. The number of ether oxygens (including phenoxy) is 1. The van der Waals surface area contributed by atoms with Crippen LogP contribution in [0.1, 0.15) is 23.1 Å². The third-order valence-electron chi connectivity index (χ3n) is 4.18. The van der Waals surface area contributed by atoms with Crippen molar-refractivity contribution in [3.63, 3.8) is 0 Å². The predicted octanol–water partition coefficient (Wildman–Crippen LogP) is 3.35. The SMILES string of the molecule is Cc1cccc(COCC2=NOC(Cc3ccccc3)(C(=O)O)C2)c1. The summed E-state index contributed by atoms with van der Waals surface area (Å²) in [5.41, 5.74) is 2.43. The topological polar surface area (TPSA) is 68.1 Å². The van der Waals surface area contributed by atoms with Gasteiger partial charge in [0.2, 0.25) is 5.60 Å². The summed E-state index contributed by atoms with van der Waals surface area (Å²) in [7, 11) is 0. The van der Waals surface area contributed by atoms with Gasteiger partial charge in [-0.25, -0.2) is 4.79 Å². The van der Waals surface area contributed by atoms with Crippen molar-refractivity contribution in [3.8, 4) is 0 Å². The van der Waals surface area contributed by atoms with Gasteiger partial charge in [-0.2, -0.15) is 0 Å². The van der Waals surface area contributed by atoms with E-state index in [1.165, 1.54) is 5.56 Å². The highest BCUT2D eigenvalue weighted by Crippen LogP contribution is 2.29. The first-order valence-corrected chi connectivity index (χ1v) is 8.22. The third kappa shape index (κ3) is 4.25. The van der Waals surface area contributed by atoms with Gasteiger partial charge < -0.3 is 14.7 Å². The van der Waals surface area contributed by atoms with Crippen molar-refractivity contribution in [2.24, 2.45) is 5.16 Å². The van der Waals surface area contributed by atoms with E-state index in [0.717, 1.165) is 11.1 Å². The summed E-state index contributed by atoms with van der Waals surface area (Å²) in [4.78, 5) is 17.1. The lowest BCUT2D eigenvalue weighted by Gasteiger charge is -2.21. The molecule has 25 heavy (non-hydrogen) atoms. The zero-order valence-electron chi connectivity index (χ0n) is 14.1. The van der Waals surface area contributed by atoms with Crippen LogP contribution in [-0.2, 0) is 27.4 Å². The Bertz CT molecular complexity index is 772. The molecule has 3 rings (SSSR count). The minimum Gasteiger partial charge on any atom is -0.478 e. The molecular weight excluding hydrogens is 318 g/mol. The number of oxime groups is 1. The van der Waals surface area contributed by atoms with E-state index in [-0.39, 0.29) is 19.4 Å². The summed E-state index contributed by atoms with van der Waals surface area (Å²) in [6.07, 6.45) is 0.499. The molecule has 1 unspecified atom stereocenters. The zero-order valence-corrected chi connectivity index (χ0v) is 14.1. The fourth-order valence-corrected chi connectivity index (χ4v) is 2.92. The van der Waals surface area contributed by atoms with Crippen LogP contribution in [0.5, 0.6) is 0 Å². The van der Waals surface area contributed by atoms with E-state index in [1.54, 1.807) is 0 Å². The van der Waals surface area contributed by atoms with Gasteiger partial charge in [0.15, 0.2) is 0 Å². The first kappa shape index (κ1) is 17.2. The van der Waals surface area contributed by atoms with Gasteiger partial charge >= 0.3 is 5.97 Å². The van der Waals surface area contributed by atoms with Crippen molar-refractivity contribution in [2.45, 2.75) is 32.0 Å². The molecule has 0 fully saturated rings. The van der Waals surface area contributed by atoms with Gasteiger partial charge in [0.25, 0.3) is 0 Å². The highest BCUT2D eigenvalue weighted by atomic mass is 16.7. The van der Waals surface area contributed by atoms with Crippen molar-refractivity contribution in [2.75, 3.05) is 6.61 Å². The molecule has 0 radical (unpaired) electrons. The van der Waals surface area contributed by atoms with E-state index in [1.807, 2.05) is 55.5 Å². The van der Waals surface area contributed by atoms with E-state index in [0.29, 0.717) is 12.3 Å². The number of carbonyl (C=O) groups is 1. The molecule has 2 aromatic carbocycles. The molecule has 1 aliphatic rings. The Morgan fingerprint density at radius 1 is 1.16 bits per heavy atom. The van der Waals surface area contributed by atoms with Crippen LogP contribution in [0.4, 0.5) is 0 Å². The Morgan fingerprint density at radius 3 is 2.64 bits per heavy atom. The molecule has 5 nitrogen and oxygen atoms in total. The summed E-state index contributed by atoms with van der Waals surface area (Å²) < 4.78 is 5.68. The van der Waals surface area contributed by atoms with Gasteiger partial charge in [0.05, 0.1) is 18.9 Å². The van der Waals surface area contributed by atoms with Crippen molar-refractivity contribution in [1.82, 2.24) is 0 Å². The zero-order chi connectivity index (χ0) is 17.7. The summed E-state index contributed by atoms with van der Waals surface area (Å²) in [5.74, 6) is -1.01. The van der Waals surface area contributed by atoms with Crippen LogP contribution < -0.4 is 0 Å². The Labute approximate surface area is 146 Å². The first-order chi connectivity index (χ1) is 12.1. The molecule has 5 heteroatoms. The average Bonchev–Trinajstić information content (AvgIpc) is 3.00. The highest BCUT2D eigenvalue weighted by Gasteiger charge is 2.46. The number of aryl methyl sites for hydroxylation is 1. The molecule has 2 aromatic rings. The first-order valence-electron chi connectivity index (χ1n) is 8.22. The smallest absolute Gasteiger partial charge is 0.351 e. The number of carboxylic acid groups (broad SMARTS) is 1. The lowest BCUT2D eigenvalue weighted by molar-refractivity contribution is -0.162. The maximum absolute atomic E-state index is 11.8. The molecule has 0 bridgehead atoms. The van der Waals surface area contributed by atoms with E-state index >= 15 is 0 Å². The molecule has 1 aliphatic heterocycles. The summed E-state index contributed by atoms with van der Waals surface area (Å²) in [5, 5.41) is 13.6. The number of aliphatic carboxylic acids is 1. The Morgan fingerprint density at radius 2 is 1.92 bits per heavy atom. The summed E-state index contributed by atoms with van der Waals surface area (Å²) in [6, 6.07) is 17.5. The van der Waals surface area contributed by atoms with Crippen LogP contribution in [0, 0.1) is 6.92 Å². The van der Waals surface area contributed by atoms with Gasteiger partial charge in [-0.1, -0.05) is 65.3 Å². The maximum atomic E-state index is 11.8. The number of carboxylic acids is 1. The van der Waals surface area contributed by atoms with Crippen LogP contribution >= 0.6 is 0 Å². The quantitative estimate of drug-likeness (QED) is 0.840. The normalized spacial score (nSPS) is 19.3. The molecule has 0 saturated carbocycles. The van der Waals surface area contributed by atoms with Gasteiger partial charge in [0.1, 0.15) is 0 Å². The van der Waals surface area contributed by atoms with Crippen molar-refractivity contribution in [1.29, 1.82) is 0 Å². The third-order valence-corrected chi connectivity index (χ3v) is 4.18. The largest absolute Gasteiger partial charge is 0.478 e. The molecular formula is C20H21NO4. The van der Waals surface area contributed by atoms with Crippen LogP contribution in [0.3, 0.4) is 0 Å². The van der Waals surface area contributed by atoms with E-state index in [9.17, 15) is 9.90 Å². The molecule has 0 saturated heterocycles. The molecule has 130 valence electrons. The number of benzene rings is 2. The fourth-order valence-electron chi connectivity index (χ4n) is 2.92. The lowest BCUT2D eigenvalue weighted by atomic mass is 9.90. The second-order valence-electron chi connectivity index (χ2n) is 6.37. The molecule has 0 aromatic heterocycles. The van der Waals surface area contributed by atoms with Crippen molar-refractivity contribution >= 4 is 11.7 Å². The highest BCUT2D eigenvalue weighted by molar-refractivity contribution is 5.94. The van der Waals surface area contributed by atoms with Gasteiger partial charge in [-0.05, 0) is 18.1 Å². The summed E-state index contributed by atoms with van der Waals surface area (Å²) >= 11 is 0. The maximum Gasteiger partial charge on any atom is 0.351 e. The Balaban J connectivity index is 1.57. The average molecular weight is 339 g/mol. The Hall–Kier alpha value is -2.66. The van der Waals surface area contributed by atoms with Gasteiger partial charge in [0, 0.05) is 12.8 Å². The van der Waals surface area contributed by atoms with Crippen LogP contribution in [-0.4, -0.2) is 29.0 Å². The lowest BCUT2D eigenvalue weighted by Crippen LogP contribution is -2.41. The van der Waals surface area contributed by atoms with Crippen LogP contribution in [0.2, 0.25) is 0 Å². The van der Waals surface area contributed by atoms with E-state index < -0.39 is 11.6 Å². The molecule has 0 spiro atoms. The monoisotopic (exact) mass is 339 g/mol. The molecule has 1 atom stereocenters. The standard InChI is InChI=1S/C20H21NO4/c1-15-6-5-9-17(10-15)13-24-14-18-12-20(19(22)23,25-21-18)11-16-7-3-2-4-8-16/h2-10H,11-14H2,1H3,(H,22,23). The fraction of sp³-hybridized carbons (Fsp3) is 0.300. The van der Waals surface area contributed by atoms with Crippen LogP contribution in [0.15, 0.2) is 59.8 Å². The van der Waals surface area contributed by atoms with Crippen molar-refractivity contribution < 1.29 is 19.5 Å². The minimum atomic E-state index is -1.34. The molecule has 1 heterocycles. The van der Waals surface area contributed by atoms with Crippen molar-refractivity contribution in [3.05, 3.63) is 71.3 Å². The predicted molar refractivity (Wildman–Crippen MR) is 94.5 cm³/mol. The van der Waals surface area contributed by atoms with E-state index in [4.69, 9.17) is 9.57 Å². The number of rotatable bonds is 7. The van der Waals surface area contributed by atoms with Gasteiger partial charge in [-0.15, -0.1) is 0 Å². The molecule has 0 aliphatic carbocycles. The minimum absolute atomic E-state index is 0.227. The Kier molecular flexibility index (Phi) is 5.14.